The summed E-state index contributed by atoms with van der Waals surface area (Å²) >= 11 is 0. The van der Waals surface area contributed by atoms with Gasteiger partial charge in [0.25, 0.3) is 0 Å². The molecule has 2 rings (SSSR count). The van der Waals surface area contributed by atoms with Gasteiger partial charge in [0.15, 0.2) is 0 Å². The van der Waals surface area contributed by atoms with Crippen LogP contribution < -0.4 is 0 Å². The van der Waals surface area contributed by atoms with Crippen molar-refractivity contribution in [1.29, 1.82) is 0 Å². The first-order valence-corrected chi connectivity index (χ1v) is 4.40. The van der Waals surface area contributed by atoms with Crippen LogP contribution >= 0.6 is 0 Å². The first-order valence-electron chi connectivity index (χ1n) is 4.40. The normalized spacial score (nSPS) is 19.1. The molecule has 0 spiro atoms. The predicted octanol–water partition coefficient (Wildman–Crippen LogP) is 1.59. The third-order valence-corrected chi connectivity index (χ3v) is 2.85. The highest BCUT2D eigenvalue weighted by Crippen LogP contribution is 2.43. The van der Waals surface area contributed by atoms with Crippen LogP contribution in [0.1, 0.15) is 24.8 Å². The van der Waals surface area contributed by atoms with E-state index in [4.69, 9.17) is 5.11 Å². The molecule has 0 atom stereocenters. The fourth-order valence-electron chi connectivity index (χ4n) is 1.83. The van der Waals surface area contributed by atoms with Crippen molar-refractivity contribution in [2.24, 2.45) is 0 Å². The van der Waals surface area contributed by atoms with Gasteiger partial charge in [-0.25, -0.2) is 0 Å². The van der Waals surface area contributed by atoms with Gasteiger partial charge in [0.1, 0.15) is 0 Å². The molecule has 1 aromatic heterocycles. The molecule has 1 aliphatic carbocycles. The Labute approximate surface area is 76.4 Å². The fourth-order valence-corrected chi connectivity index (χ4v) is 1.83. The van der Waals surface area contributed by atoms with Crippen LogP contribution in [0.3, 0.4) is 0 Å². The minimum absolute atomic E-state index is 0.608. The first kappa shape index (κ1) is 8.23. The van der Waals surface area contributed by atoms with Crippen molar-refractivity contribution < 1.29 is 9.90 Å². The Kier molecular flexibility index (Phi) is 1.79. The fraction of sp³-hybridized carbons (Fsp3) is 0.400. The maximum atomic E-state index is 11.1. The summed E-state index contributed by atoms with van der Waals surface area (Å²) in [7, 11) is 0. The molecule has 13 heavy (non-hydrogen) atoms. The lowest BCUT2D eigenvalue weighted by Crippen LogP contribution is -2.42. The first-order chi connectivity index (χ1) is 6.26. The molecule has 0 bridgehead atoms. The number of carboxylic acid groups (broad SMARTS) is 1. The largest absolute Gasteiger partial charge is 0.481 e. The summed E-state index contributed by atoms with van der Waals surface area (Å²) in [6.07, 6.45) is 5.82. The molecule has 0 saturated heterocycles. The highest BCUT2D eigenvalue weighted by molar-refractivity contribution is 5.82. The van der Waals surface area contributed by atoms with E-state index >= 15 is 0 Å². The number of nitrogens with zero attached hydrogens (tertiary/aromatic N) is 1. The Morgan fingerprint density at radius 3 is 2.38 bits per heavy atom. The van der Waals surface area contributed by atoms with E-state index in [1.165, 1.54) is 0 Å². The van der Waals surface area contributed by atoms with Gasteiger partial charge in [-0.3, -0.25) is 9.78 Å². The monoisotopic (exact) mass is 177 g/mol. The third kappa shape index (κ3) is 1.11. The molecule has 1 aromatic rings. The van der Waals surface area contributed by atoms with E-state index in [0.29, 0.717) is 0 Å². The smallest absolute Gasteiger partial charge is 0.314 e. The highest BCUT2D eigenvalue weighted by atomic mass is 16.4. The summed E-state index contributed by atoms with van der Waals surface area (Å²) < 4.78 is 0. The SMILES string of the molecule is O=C(O)C1(c2ccncc2)CCC1. The molecule has 68 valence electrons. The molecular formula is C10H11NO2. The van der Waals surface area contributed by atoms with Crippen molar-refractivity contribution in [3.63, 3.8) is 0 Å². The third-order valence-electron chi connectivity index (χ3n) is 2.85. The number of rotatable bonds is 2. The molecule has 0 unspecified atom stereocenters. The molecule has 0 radical (unpaired) electrons. The van der Waals surface area contributed by atoms with Crippen LogP contribution in [0.4, 0.5) is 0 Å². The van der Waals surface area contributed by atoms with Crippen molar-refractivity contribution in [3.8, 4) is 0 Å². The van der Waals surface area contributed by atoms with E-state index in [1.807, 2.05) is 0 Å². The van der Waals surface area contributed by atoms with E-state index in [9.17, 15) is 4.79 Å². The molecule has 0 aromatic carbocycles. The number of hydrogen-bond acceptors (Lipinski definition) is 2. The van der Waals surface area contributed by atoms with E-state index in [0.717, 1.165) is 24.8 Å². The maximum Gasteiger partial charge on any atom is 0.314 e. The topological polar surface area (TPSA) is 50.2 Å². The van der Waals surface area contributed by atoms with E-state index in [1.54, 1.807) is 24.5 Å². The average Bonchev–Trinajstić information content (AvgIpc) is 2.03. The average molecular weight is 177 g/mol. The summed E-state index contributed by atoms with van der Waals surface area (Å²) in [6, 6.07) is 3.60. The highest BCUT2D eigenvalue weighted by Gasteiger charge is 2.45. The van der Waals surface area contributed by atoms with Crippen LogP contribution in [0.5, 0.6) is 0 Å². The minimum atomic E-state index is -0.704. The molecule has 1 N–H and O–H groups in total. The van der Waals surface area contributed by atoms with Crippen molar-refractivity contribution >= 4 is 5.97 Å². The zero-order valence-electron chi connectivity index (χ0n) is 7.23. The molecule has 0 aliphatic heterocycles. The molecule has 1 heterocycles. The summed E-state index contributed by atoms with van der Waals surface area (Å²) in [5, 5.41) is 9.12. The maximum absolute atomic E-state index is 11.1. The van der Waals surface area contributed by atoms with Crippen molar-refractivity contribution in [2.45, 2.75) is 24.7 Å². The zero-order chi connectivity index (χ0) is 9.31. The Morgan fingerprint density at radius 1 is 1.38 bits per heavy atom. The van der Waals surface area contributed by atoms with Crippen LogP contribution in [0.2, 0.25) is 0 Å². The lowest BCUT2D eigenvalue weighted by Gasteiger charge is -2.37. The molecule has 1 aliphatic rings. The van der Waals surface area contributed by atoms with Gasteiger partial charge in [0.2, 0.25) is 0 Å². The van der Waals surface area contributed by atoms with Gasteiger partial charge in [0, 0.05) is 12.4 Å². The van der Waals surface area contributed by atoms with E-state index in [2.05, 4.69) is 4.98 Å². The Morgan fingerprint density at radius 2 is 2.00 bits per heavy atom. The van der Waals surface area contributed by atoms with Crippen molar-refractivity contribution in [3.05, 3.63) is 30.1 Å². The number of aromatic nitrogens is 1. The summed E-state index contributed by atoms with van der Waals surface area (Å²) in [5.74, 6) is -0.704. The Hall–Kier alpha value is -1.38. The van der Waals surface area contributed by atoms with Crippen LogP contribution in [-0.2, 0) is 10.2 Å². The number of carboxylic acids is 1. The number of carbonyl (C=O) groups is 1. The second kappa shape index (κ2) is 2.83. The zero-order valence-corrected chi connectivity index (χ0v) is 7.23. The van der Waals surface area contributed by atoms with Crippen LogP contribution in [0.25, 0.3) is 0 Å². The standard InChI is InChI=1S/C10H11NO2/c12-9(13)10(4-1-5-10)8-2-6-11-7-3-8/h2-3,6-7H,1,4-5H2,(H,12,13). The molecule has 0 amide bonds. The van der Waals surface area contributed by atoms with E-state index < -0.39 is 11.4 Å². The number of pyridine rings is 1. The summed E-state index contributed by atoms with van der Waals surface area (Å²) in [4.78, 5) is 15.0. The molecule has 1 fully saturated rings. The number of hydrogen-bond donors (Lipinski definition) is 1. The lowest BCUT2D eigenvalue weighted by atomic mass is 9.65. The van der Waals surface area contributed by atoms with Crippen molar-refractivity contribution in [1.82, 2.24) is 4.98 Å². The Balaban J connectivity index is 2.38. The molecule has 3 nitrogen and oxygen atoms in total. The second-order valence-corrected chi connectivity index (χ2v) is 3.48. The predicted molar refractivity (Wildman–Crippen MR) is 47.4 cm³/mol. The van der Waals surface area contributed by atoms with Crippen molar-refractivity contribution in [2.75, 3.05) is 0 Å². The van der Waals surface area contributed by atoms with Gasteiger partial charge in [-0.2, -0.15) is 0 Å². The van der Waals surface area contributed by atoms with Gasteiger partial charge >= 0.3 is 5.97 Å². The second-order valence-electron chi connectivity index (χ2n) is 3.48. The minimum Gasteiger partial charge on any atom is -0.481 e. The summed E-state index contributed by atoms with van der Waals surface area (Å²) in [5.41, 5.74) is 0.282. The van der Waals surface area contributed by atoms with Crippen LogP contribution in [0.15, 0.2) is 24.5 Å². The van der Waals surface area contributed by atoms with Crippen LogP contribution in [0, 0.1) is 0 Å². The number of aliphatic carboxylic acids is 1. The molecular weight excluding hydrogens is 166 g/mol. The quantitative estimate of drug-likeness (QED) is 0.746. The summed E-state index contributed by atoms with van der Waals surface area (Å²) in [6.45, 7) is 0. The van der Waals surface area contributed by atoms with E-state index in [-0.39, 0.29) is 0 Å². The molecule has 1 saturated carbocycles. The van der Waals surface area contributed by atoms with Gasteiger partial charge in [-0.15, -0.1) is 0 Å². The van der Waals surface area contributed by atoms with Crippen LogP contribution in [-0.4, -0.2) is 16.1 Å². The lowest BCUT2D eigenvalue weighted by molar-refractivity contribution is -0.147. The van der Waals surface area contributed by atoms with Gasteiger partial charge in [-0.1, -0.05) is 6.42 Å². The Bertz CT molecular complexity index is 317. The van der Waals surface area contributed by atoms with Gasteiger partial charge in [-0.05, 0) is 30.5 Å². The van der Waals surface area contributed by atoms with Gasteiger partial charge < -0.3 is 5.11 Å². The molecule has 3 heteroatoms. The van der Waals surface area contributed by atoms with Gasteiger partial charge in [0.05, 0.1) is 5.41 Å².